The number of nitrogens with zero attached hydrogens (tertiary/aromatic N) is 2. The van der Waals surface area contributed by atoms with Crippen LogP contribution in [0.1, 0.15) is 23.7 Å². The number of hydrogen-bond acceptors (Lipinski definition) is 5. The van der Waals surface area contributed by atoms with E-state index in [0.29, 0.717) is 29.6 Å². The molecule has 5 nitrogen and oxygen atoms in total. The van der Waals surface area contributed by atoms with E-state index in [1.165, 1.54) is 0 Å². The maximum Gasteiger partial charge on any atom is 0.311 e. The second kappa shape index (κ2) is 8.14. The van der Waals surface area contributed by atoms with Crippen molar-refractivity contribution in [3.8, 4) is 5.75 Å². The van der Waals surface area contributed by atoms with Crippen LogP contribution >= 0.6 is 23.2 Å². The molecule has 0 spiro atoms. The van der Waals surface area contributed by atoms with Gasteiger partial charge in [-0.2, -0.15) is 4.98 Å². The minimum absolute atomic E-state index is 0.0931. The van der Waals surface area contributed by atoms with Gasteiger partial charge in [-0.25, -0.2) is 0 Å². The van der Waals surface area contributed by atoms with Gasteiger partial charge in [0, 0.05) is 12.8 Å². The fraction of sp³-hybridized carbons (Fsp3) is 0.167. The quantitative estimate of drug-likeness (QED) is 0.467. The van der Waals surface area contributed by atoms with Gasteiger partial charge in [0.2, 0.25) is 5.89 Å². The summed E-state index contributed by atoms with van der Waals surface area (Å²) in [6, 6.07) is 14.7. The predicted molar refractivity (Wildman–Crippen MR) is 94.0 cm³/mol. The summed E-state index contributed by atoms with van der Waals surface area (Å²) in [5.41, 5.74) is 1.09. The van der Waals surface area contributed by atoms with Gasteiger partial charge in [-0.1, -0.05) is 64.8 Å². The molecule has 0 unspecified atom stereocenters. The molecule has 0 aliphatic heterocycles. The fourth-order valence-corrected chi connectivity index (χ4v) is 2.52. The highest BCUT2D eigenvalue weighted by Crippen LogP contribution is 2.31. The second-order valence-electron chi connectivity index (χ2n) is 5.29. The van der Waals surface area contributed by atoms with Crippen LogP contribution in [-0.4, -0.2) is 16.1 Å². The Morgan fingerprint density at radius 3 is 2.68 bits per heavy atom. The molecular formula is C18H14Cl2N2O3. The number of halogens is 2. The van der Waals surface area contributed by atoms with Crippen molar-refractivity contribution in [3.63, 3.8) is 0 Å². The number of aryl methyl sites for hydroxylation is 1. The minimum atomic E-state index is -0.452. The molecule has 0 amide bonds. The highest BCUT2D eigenvalue weighted by Gasteiger charge is 2.13. The van der Waals surface area contributed by atoms with Gasteiger partial charge in [0.05, 0.1) is 11.4 Å². The Bertz CT molecular complexity index is 866. The molecule has 128 valence electrons. The molecule has 3 aromatic rings. The van der Waals surface area contributed by atoms with Crippen molar-refractivity contribution in [2.45, 2.75) is 19.3 Å². The Labute approximate surface area is 154 Å². The highest BCUT2D eigenvalue weighted by molar-refractivity contribution is 6.43. The average molecular weight is 377 g/mol. The zero-order chi connectivity index (χ0) is 17.6. The molecule has 0 bridgehead atoms. The molecule has 0 aliphatic carbocycles. The van der Waals surface area contributed by atoms with Crippen molar-refractivity contribution in [3.05, 3.63) is 75.9 Å². The summed E-state index contributed by atoms with van der Waals surface area (Å²) in [5.74, 6) is 0.744. The molecule has 2 aromatic carbocycles. The van der Waals surface area contributed by atoms with Gasteiger partial charge in [-0.3, -0.25) is 4.79 Å². The number of rotatable bonds is 6. The van der Waals surface area contributed by atoms with E-state index in [0.717, 1.165) is 5.56 Å². The Balaban J connectivity index is 1.53. The first kappa shape index (κ1) is 17.5. The summed E-state index contributed by atoms with van der Waals surface area (Å²) in [4.78, 5) is 16.2. The Morgan fingerprint density at radius 1 is 1.08 bits per heavy atom. The lowest BCUT2D eigenvalue weighted by atomic mass is 10.1. The van der Waals surface area contributed by atoms with Gasteiger partial charge in [-0.15, -0.1) is 0 Å². The Kier molecular flexibility index (Phi) is 5.68. The van der Waals surface area contributed by atoms with Crippen LogP contribution < -0.4 is 4.74 Å². The normalized spacial score (nSPS) is 10.6. The number of carbonyl (C=O) groups excluding carboxylic acids is 1. The van der Waals surface area contributed by atoms with E-state index >= 15 is 0 Å². The fourth-order valence-electron chi connectivity index (χ4n) is 2.19. The molecule has 7 heteroatoms. The van der Waals surface area contributed by atoms with Gasteiger partial charge < -0.3 is 9.26 Å². The van der Waals surface area contributed by atoms with E-state index in [1.54, 1.807) is 18.2 Å². The van der Waals surface area contributed by atoms with Gasteiger partial charge in [-0.05, 0) is 17.7 Å². The summed E-state index contributed by atoms with van der Waals surface area (Å²) < 4.78 is 10.4. The molecule has 0 saturated carbocycles. The first-order valence-electron chi connectivity index (χ1n) is 7.62. The van der Waals surface area contributed by atoms with Crippen LogP contribution in [0.2, 0.25) is 10.0 Å². The molecule has 25 heavy (non-hydrogen) atoms. The van der Waals surface area contributed by atoms with Crippen LogP contribution in [0.5, 0.6) is 5.75 Å². The number of hydrogen-bond donors (Lipinski definition) is 0. The topological polar surface area (TPSA) is 65.2 Å². The summed E-state index contributed by atoms with van der Waals surface area (Å²) in [6.07, 6.45) is 0.960. The lowest BCUT2D eigenvalue weighted by Gasteiger charge is -2.06. The van der Waals surface area contributed by atoms with Crippen molar-refractivity contribution >= 4 is 29.2 Å². The van der Waals surface area contributed by atoms with Crippen molar-refractivity contribution < 1.29 is 14.1 Å². The molecule has 1 aromatic heterocycles. The summed E-state index contributed by atoms with van der Waals surface area (Å²) >= 11 is 11.9. The van der Waals surface area contributed by atoms with Crippen LogP contribution in [0.15, 0.2) is 53.1 Å². The lowest BCUT2D eigenvalue weighted by molar-refractivity contribution is -0.134. The van der Waals surface area contributed by atoms with Crippen LogP contribution in [0.25, 0.3) is 0 Å². The van der Waals surface area contributed by atoms with Gasteiger partial charge in [0.1, 0.15) is 5.02 Å². The van der Waals surface area contributed by atoms with Gasteiger partial charge in [0.15, 0.2) is 11.6 Å². The molecule has 0 saturated heterocycles. The third kappa shape index (κ3) is 4.81. The van der Waals surface area contributed by atoms with E-state index in [9.17, 15) is 4.79 Å². The SMILES string of the molecule is O=C(CCc1nc(Cc2ccccc2)no1)Oc1cccc(Cl)c1Cl. The zero-order valence-corrected chi connectivity index (χ0v) is 14.6. The van der Waals surface area contributed by atoms with Gasteiger partial charge >= 0.3 is 5.97 Å². The number of carbonyl (C=O) groups is 1. The molecule has 0 radical (unpaired) electrons. The van der Waals surface area contributed by atoms with Crippen molar-refractivity contribution in [1.29, 1.82) is 0 Å². The third-order valence-electron chi connectivity index (χ3n) is 3.40. The Morgan fingerprint density at radius 2 is 1.88 bits per heavy atom. The zero-order valence-electron chi connectivity index (χ0n) is 13.1. The van der Waals surface area contributed by atoms with Crippen molar-refractivity contribution in [2.24, 2.45) is 0 Å². The maximum absolute atomic E-state index is 11.9. The number of ether oxygens (including phenoxy) is 1. The van der Waals surface area contributed by atoms with Gasteiger partial charge in [0.25, 0.3) is 0 Å². The third-order valence-corrected chi connectivity index (χ3v) is 4.20. The monoisotopic (exact) mass is 376 g/mol. The highest BCUT2D eigenvalue weighted by atomic mass is 35.5. The first-order chi connectivity index (χ1) is 12.1. The van der Waals surface area contributed by atoms with Crippen molar-refractivity contribution in [2.75, 3.05) is 0 Å². The van der Waals surface area contributed by atoms with Crippen LogP contribution in [-0.2, 0) is 17.6 Å². The summed E-state index contributed by atoms with van der Waals surface area (Å²) in [5, 5.41) is 4.46. The molecule has 0 atom stereocenters. The number of benzene rings is 2. The molecule has 0 fully saturated rings. The molecule has 0 N–H and O–H groups in total. The maximum atomic E-state index is 11.9. The van der Waals surface area contributed by atoms with Crippen LogP contribution in [0.4, 0.5) is 0 Å². The average Bonchev–Trinajstić information content (AvgIpc) is 3.05. The predicted octanol–water partition coefficient (Wildman–Crippen LogP) is 4.51. The van der Waals surface area contributed by atoms with E-state index < -0.39 is 5.97 Å². The first-order valence-corrected chi connectivity index (χ1v) is 8.37. The largest absolute Gasteiger partial charge is 0.425 e. The van der Waals surface area contributed by atoms with Crippen molar-refractivity contribution in [1.82, 2.24) is 10.1 Å². The smallest absolute Gasteiger partial charge is 0.311 e. The van der Waals surface area contributed by atoms with Crippen LogP contribution in [0.3, 0.4) is 0 Å². The molecule has 3 rings (SSSR count). The molecule has 0 aliphatic rings. The molecular weight excluding hydrogens is 363 g/mol. The second-order valence-corrected chi connectivity index (χ2v) is 6.08. The minimum Gasteiger partial charge on any atom is -0.425 e. The summed E-state index contributed by atoms with van der Waals surface area (Å²) in [7, 11) is 0. The number of aromatic nitrogens is 2. The van der Waals surface area contributed by atoms with E-state index in [4.69, 9.17) is 32.5 Å². The van der Waals surface area contributed by atoms with E-state index in [-0.39, 0.29) is 17.2 Å². The Hall–Kier alpha value is -2.37. The molecule has 1 heterocycles. The standard InChI is InChI=1S/C18H14Cl2N2O3/c19-13-7-4-8-14(18(13)20)24-17(23)10-9-16-21-15(22-25-16)11-12-5-2-1-3-6-12/h1-8H,9-11H2. The number of esters is 1. The van der Waals surface area contributed by atoms with E-state index in [2.05, 4.69) is 10.1 Å². The summed E-state index contributed by atoms with van der Waals surface area (Å²) in [6.45, 7) is 0. The van der Waals surface area contributed by atoms with E-state index in [1.807, 2.05) is 30.3 Å². The van der Waals surface area contributed by atoms with Crippen LogP contribution in [0, 0.1) is 0 Å². The lowest BCUT2D eigenvalue weighted by Crippen LogP contribution is -2.09.